The van der Waals surface area contributed by atoms with Crippen LogP contribution in [0.5, 0.6) is 0 Å². The summed E-state index contributed by atoms with van der Waals surface area (Å²) in [5.74, 6) is -0.235. The van der Waals surface area contributed by atoms with Gasteiger partial charge in [0.15, 0.2) is 0 Å². The smallest absolute Gasteiger partial charge is 0.251 e. The molecule has 1 saturated heterocycles. The van der Waals surface area contributed by atoms with E-state index in [1.54, 1.807) is 18.2 Å². The van der Waals surface area contributed by atoms with Crippen LogP contribution in [0.4, 0.5) is 5.69 Å². The molecule has 1 atom stereocenters. The molecule has 2 rings (SSSR count). The number of hydrogen-bond acceptors (Lipinski definition) is 3. The molecular weight excluding hydrogens is 286 g/mol. The van der Waals surface area contributed by atoms with Crippen molar-refractivity contribution < 1.29 is 9.59 Å². The second kappa shape index (κ2) is 4.75. The summed E-state index contributed by atoms with van der Waals surface area (Å²) in [5, 5.41) is 5.45. The average Bonchev–Trinajstić information content (AvgIpc) is 2.68. The van der Waals surface area contributed by atoms with Gasteiger partial charge in [0.25, 0.3) is 5.91 Å². The summed E-state index contributed by atoms with van der Waals surface area (Å²) in [6.45, 7) is 0.487. The summed E-state index contributed by atoms with van der Waals surface area (Å²) in [6, 6.07) is 4.84. The summed E-state index contributed by atoms with van der Waals surface area (Å²) in [4.78, 5) is 22.8. The molecule has 0 radical (unpaired) electrons. The molecule has 1 aliphatic heterocycles. The highest BCUT2D eigenvalue weighted by atomic mass is 79.9. The van der Waals surface area contributed by atoms with Crippen LogP contribution in [0.1, 0.15) is 16.8 Å². The van der Waals surface area contributed by atoms with E-state index in [9.17, 15) is 9.59 Å². The monoisotopic (exact) mass is 297 g/mol. The van der Waals surface area contributed by atoms with Gasteiger partial charge in [0, 0.05) is 28.7 Å². The number of benzene rings is 1. The van der Waals surface area contributed by atoms with Gasteiger partial charge in [-0.3, -0.25) is 9.59 Å². The van der Waals surface area contributed by atoms with E-state index in [-0.39, 0.29) is 17.9 Å². The van der Waals surface area contributed by atoms with Crippen molar-refractivity contribution >= 4 is 33.4 Å². The van der Waals surface area contributed by atoms with Gasteiger partial charge in [-0.05, 0) is 34.1 Å². The first-order chi connectivity index (χ1) is 8.06. The number of rotatable bonds is 2. The fraction of sp³-hybridized carbons (Fsp3) is 0.273. The molecule has 0 aliphatic carbocycles. The number of anilines is 1. The van der Waals surface area contributed by atoms with Crippen LogP contribution in [0.15, 0.2) is 22.7 Å². The molecule has 1 aromatic carbocycles. The molecule has 1 fully saturated rings. The highest BCUT2D eigenvalue weighted by Crippen LogP contribution is 2.20. The first-order valence-electron chi connectivity index (χ1n) is 5.19. The molecule has 0 saturated carbocycles. The van der Waals surface area contributed by atoms with Crippen LogP contribution >= 0.6 is 15.9 Å². The lowest BCUT2D eigenvalue weighted by atomic mass is 10.1. The largest absolute Gasteiger partial charge is 0.398 e. The van der Waals surface area contributed by atoms with Crippen molar-refractivity contribution in [2.24, 2.45) is 0 Å². The van der Waals surface area contributed by atoms with Crippen molar-refractivity contribution in [2.75, 3.05) is 12.3 Å². The molecule has 4 N–H and O–H groups in total. The van der Waals surface area contributed by atoms with E-state index in [1.807, 2.05) is 0 Å². The Morgan fingerprint density at radius 3 is 2.88 bits per heavy atom. The second-order valence-corrected chi connectivity index (χ2v) is 4.77. The summed E-state index contributed by atoms with van der Waals surface area (Å²) in [5.41, 5.74) is 6.74. The van der Waals surface area contributed by atoms with E-state index in [1.165, 1.54) is 0 Å². The Morgan fingerprint density at radius 2 is 2.29 bits per heavy atom. The summed E-state index contributed by atoms with van der Waals surface area (Å²) >= 11 is 3.27. The zero-order valence-electron chi connectivity index (χ0n) is 9.00. The van der Waals surface area contributed by atoms with Crippen molar-refractivity contribution in [1.82, 2.24) is 10.6 Å². The molecule has 1 unspecified atom stereocenters. The maximum Gasteiger partial charge on any atom is 0.251 e. The molecule has 0 bridgehead atoms. The minimum absolute atomic E-state index is 0.0335. The summed E-state index contributed by atoms with van der Waals surface area (Å²) in [7, 11) is 0. The lowest BCUT2D eigenvalue weighted by molar-refractivity contribution is -0.119. The topological polar surface area (TPSA) is 84.2 Å². The maximum atomic E-state index is 11.9. The molecule has 90 valence electrons. The van der Waals surface area contributed by atoms with Crippen LogP contribution in [-0.2, 0) is 4.79 Å². The fourth-order valence-electron chi connectivity index (χ4n) is 1.64. The SMILES string of the molecule is Nc1ccc(C(=O)NC2CNC(=O)C2)cc1Br. The van der Waals surface area contributed by atoms with E-state index in [4.69, 9.17) is 5.73 Å². The number of amides is 2. The Balaban J connectivity index is 2.04. The number of nitrogens with one attached hydrogen (secondary N) is 2. The van der Waals surface area contributed by atoms with Crippen molar-refractivity contribution in [3.05, 3.63) is 28.2 Å². The Kier molecular flexibility index (Phi) is 3.33. The van der Waals surface area contributed by atoms with E-state index >= 15 is 0 Å². The Hall–Kier alpha value is -1.56. The molecule has 2 amide bonds. The van der Waals surface area contributed by atoms with Crippen molar-refractivity contribution in [1.29, 1.82) is 0 Å². The van der Waals surface area contributed by atoms with E-state index < -0.39 is 0 Å². The van der Waals surface area contributed by atoms with Crippen LogP contribution in [0, 0.1) is 0 Å². The predicted octanol–water partition coefficient (Wildman–Crippen LogP) is 0.650. The molecule has 17 heavy (non-hydrogen) atoms. The van der Waals surface area contributed by atoms with Gasteiger partial charge in [0.2, 0.25) is 5.91 Å². The molecule has 0 aromatic heterocycles. The van der Waals surface area contributed by atoms with Gasteiger partial charge in [-0.15, -0.1) is 0 Å². The minimum Gasteiger partial charge on any atom is -0.398 e. The third kappa shape index (κ3) is 2.76. The number of nitrogen functional groups attached to an aromatic ring is 1. The lowest BCUT2D eigenvalue weighted by Crippen LogP contribution is -2.36. The molecule has 5 nitrogen and oxygen atoms in total. The number of hydrogen-bond donors (Lipinski definition) is 3. The van der Waals surface area contributed by atoms with Gasteiger partial charge in [-0.2, -0.15) is 0 Å². The maximum absolute atomic E-state index is 11.9. The Bertz CT molecular complexity index is 476. The highest BCUT2D eigenvalue weighted by Gasteiger charge is 2.23. The standard InChI is InChI=1S/C11H12BrN3O2/c12-8-3-6(1-2-9(8)13)11(17)15-7-4-10(16)14-5-7/h1-3,7H,4-5,13H2,(H,14,16)(H,15,17). The van der Waals surface area contributed by atoms with E-state index in [0.29, 0.717) is 28.7 Å². The molecule has 6 heteroatoms. The van der Waals surface area contributed by atoms with E-state index in [2.05, 4.69) is 26.6 Å². The van der Waals surface area contributed by atoms with E-state index in [0.717, 1.165) is 0 Å². The van der Waals surface area contributed by atoms with Gasteiger partial charge in [-0.1, -0.05) is 0 Å². The number of nitrogens with two attached hydrogens (primary N) is 1. The van der Waals surface area contributed by atoms with Crippen LogP contribution in [0.2, 0.25) is 0 Å². The van der Waals surface area contributed by atoms with Gasteiger partial charge in [0.1, 0.15) is 0 Å². The van der Waals surface area contributed by atoms with Crippen LogP contribution < -0.4 is 16.4 Å². The Morgan fingerprint density at radius 1 is 1.53 bits per heavy atom. The number of halogens is 1. The minimum atomic E-state index is -0.202. The van der Waals surface area contributed by atoms with Gasteiger partial charge < -0.3 is 16.4 Å². The first kappa shape index (κ1) is 11.9. The van der Waals surface area contributed by atoms with Gasteiger partial charge in [-0.25, -0.2) is 0 Å². The molecule has 1 aliphatic rings. The second-order valence-electron chi connectivity index (χ2n) is 3.91. The van der Waals surface area contributed by atoms with Crippen molar-refractivity contribution in [3.63, 3.8) is 0 Å². The molecule has 1 heterocycles. The number of carbonyl (C=O) groups is 2. The summed E-state index contributed by atoms with van der Waals surface area (Å²) < 4.78 is 0.686. The van der Waals surface area contributed by atoms with Crippen LogP contribution in [-0.4, -0.2) is 24.4 Å². The summed E-state index contributed by atoms with van der Waals surface area (Å²) in [6.07, 6.45) is 0.335. The third-order valence-corrected chi connectivity index (χ3v) is 3.26. The van der Waals surface area contributed by atoms with Crippen LogP contribution in [0.25, 0.3) is 0 Å². The van der Waals surface area contributed by atoms with Crippen molar-refractivity contribution in [2.45, 2.75) is 12.5 Å². The lowest BCUT2D eigenvalue weighted by Gasteiger charge is -2.10. The average molecular weight is 298 g/mol. The van der Waals surface area contributed by atoms with Gasteiger partial charge >= 0.3 is 0 Å². The van der Waals surface area contributed by atoms with Crippen LogP contribution in [0.3, 0.4) is 0 Å². The molecule has 1 aromatic rings. The normalized spacial score (nSPS) is 18.9. The fourth-order valence-corrected chi connectivity index (χ4v) is 2.02. The molecule has 0 spiro atoms. The third-order valence-electron chi connectivity index (χ3n) is 2.58. The quantitative estimate of drug-likeness (QED) is 0.701. The molecular formula is C11H12BrN3O2. The predicted molar refractivity (Wildman–Crippen MR) is 67.4 cm³/mol. The Labute approximate surface area is 107 Å². The zero-order chi connectivity index (χ0) is 12.4. The highest BCUT2D eigenvalue weighted by molar-refractivity contribution is 9.10. The zero-order valence-corrected chi connectivity index (χ0v) is 10.6. The van der Waals surface area contributed by atoms with Crippen molar-refractivity contribution in [3.8, 4) is 0 Å². The van der Waals surface area contributed by atoms with Gasteiger partial charge in [0.05, 0.1) is 6.04 Å². The first-order valence-corrected chi connectivity index (χ1v) is 5.98. The number of carbonyl (C=O) groups excluding carboxylic acids is 2.